The topological polar surface area (TPSA) is 21.3 Å². The summed E-state index contributed by atoms with van der Waals surface area (Å²) in [6.07, 6.45) is 1.20. The van der Waals surface area contributed by atoms with Crippen molar-refractivity contribution in [1.82, 2.24) is 5.32 Å². The van der Waals surface area contributed by atoms with Gasteiger partial charge in [-0.2, -0.15) is 0 Å². The molecule has 4 rings (SSSR count). The summed E-state index contributed by atoms with van der Waals surface area (Å²) in [5.41, 5.74) is 3.80. The zero-order valence-corrected chi connectivity index (χ0v) is 15.8. The molecular weight excluding hydrogens is 330 g/mol. The van der Waals surface area contributed by atoms with Crippen LogP contribution < -0.4 is 5.32 Å². The minimum absolute atomic E-state index is 0.0544. The molecule has 1 aliphatic rings. The highest BCUT2D eigenvalue weighted by atomic mass is 16.5. The minimum atomic E-state index is -0.0544. The van der Waals surface area contributed by atoms with Crippen LogP contribution in [0.15, 0.2) is 91.0 Å². The van der Waals surface area contributed by atoms with Crippen molar-refractivity contribution in [2.75, 3.05) is 6.54 Å². The highest BCUT2D eigenvalue weighted by molar-refractivity contribution is 5.30. The third-order valence-electron chi connectivity index (χ3n) is 5.56. The third-order valence-corrected chi connectivity index (χ3v) is 5.56. The quantitative estimate of drug-likeness (QED) is 0.644. The Morgan fingerprint density at radius 1 is 0.778 bits per heavy atom. The van der Waals surface area contributed by atoms with E-state index in [2.05, 4.69) is 103 Å². The molecule has 27 heavy (non-hydrogen) atoms. The lowest BCUT2D eigenvalue weighted by Gasteiger charge is -2.30. The second-order valence-electron chi connectivity index (χ2n) is 7.33. The molecule has 0 aliphatic carbocycles. The first-order chi connectivity index (χ1) is 13.3. The second kappa shape index (κ2) is 8.51. The van der Waals surface area contributed by atoms with Crippen LogP contribution in [-0.2, 0) is 4.74 Å². The Balaban J connectivity index is 1.57. The van der Waals surface area contributed by atoms with Gasteiger partial charge in [0.15, 0.2) is 0 Å². The fraction of sp³-hybridized carbons (Fsp3) is 0.280. The lowest BCUT2D eigenvalue weighted by atomic mass is 9.89. The molecule has 1 fully saturated rings. The zero-order valence-electron chi connectivity index (χ0n) is 15.8. The van der Waals surface area contributed by atoms with Gasteiger partial charge in [-0.3, -0.25) is 0 Å². The maximum atomic E-state index is 6.70. The fourth-order valence-corrected chi connectivity index (χ4v) is 4.20. The molecule has 0 bridgehead atoms. The molecule has 2 heteroatoms. The van der Waals surface area contributed by atoms with Crippen molar-refractivity contribution in [1.29, 1.82) is 0 Å². The van der Waals surface area contributed by atoms with Crippen LogP contribution in [0.4, 0.5) is 0 Å². The summed E-state index contributed by atoms with van der Waals surface area (Å²) in [5.74, 6) is 0.494. The molecule has 2 nitrogen and oxygen atoms in total. The first kappa shape index (κ1) is 18.0. The van der Waals surface area contributed by atoms with Crippen LogP contribution in [0.2, 0.25) is 0 Å². The molecule has 1 N–H and O–H groups in total. The van der Waals surface area contributed by atoms with Crippen LogP contribution in [-0.4, -0.2) is 18.7 Å². The molecule has 1 aliphatic heterocycles. The fourth-order valence-electron chi connectivity index (χ4n) is 4.20. The summed E-state index contributed by atoms with van der Waals surface area (Å²) in [6, 6.07) is 32.2. The maximum Gasteiger partial charge on any atom is 0.108 e. The van der Waals surface area contributed by atoms with E-state index < -0.39 is 0 Å². The van der Waals surface area contributed by atoms with Gasteiger partial charge >= 0.3 is 0 Å². The van der Waals surface area contributed by atoms with E-state index in [0.29, 0.717) is 12.0 Å². The molecule has 1 heterocycles. The van der Waals surface area contributed by atoms with E-state index in [-0.39, 0.29) is 12.2 Å². The van der Waals surface area contributed by atoms with Gasteiger partial charge in [-0.15, -0.1) is 0 Å². The van der Waals surface area contributed by atoms with Crippen LogP contribution >= 0.6 is 0 Å². The Labute approximate surface area is 162 Å². The molecule has 138 valence electrons. The van der Waals surface area contributed by atoms with Crippen molar-refractivity contribution in [3.8, 4) is 0 Å². The van der Waals surface area contributed by atoms with Gasteiger partial charge in [-0.05, 0) is 36.6 Å². The van der Waals surface area contributed by atoms with Gasteiger partial charge in [-0.1, -0.05) is 91.0 Å². The Kier molecular flexibility index (Phi) is 5.66. The number of ether oxygens (including phenoxy) is 1. The Bertz CT molecular complexity index is 779. The van der Waals surface area contributed by atoms with E-state index in [9.17, 15) is 0 Å². The summed E-state index contributed by atoms with van der Waals surface area (Å²) in [4.78, 5) is 0. The van der Waals surface area contributed by atoms with Crippen molar-refractivity contribution in [2.45, 2.75) is 37.5 Å². The van der Waals surface area contributed by atoms with Crippen LogP contribution in [0.5, 0.6) is 0 Å². The predicted octanol–water partition coefficient (Wildman–Crippen LogP) is 5.33. The van der Waals surface area contributed by atoms with Crippen molar-refractivity contribution in [3.63, 3.8) is 0 Å². The van der Waals surface area contributed by atoms with E-state index in [4.69, 9.17) is 4.74 Å². The molecule has 1 saturated heterocycles. The number of hydrogen-bond acceptors (Lipinski definition) is 2. The number of hydrogen-bond donors (Lipinski definition) is 1. The van der Waals surface area contributed by atoms with Crippen LogP contribution in [0, 0.1) is 0 Å². The average molecular weight is 357 g/mol. The molecule has 3 atom stereocenters. The normalized spacial score (nSPS) is 20.7. The van der Waals surface area contributed by atoms with Gasteiger partial charge in [0.25, 0.3) is 0 Å². The van der Waals surface area contributed by atoms with E-state index in [1.54, 1.807) is 0 Å². The van der Waals surface area contributed by atoms with Gasteiger partial charge in [0.2, 0.25) is 0 Å². The molecule has 3 unspecified atom stereocenters. The molecule has 0 saturated carbocycles. The molecule has 0 spiro atoms. The molecule has 0 aromatic heterocycles. The van der Waals surface area contributed by atoms with E-state index in [1.165, 1.54) is 16.7 Å². The SMILES string of the molecule is CC(OC(c1ccccc1)c1ccccc1)C1NCCC1c1ccccc1. The second-order valence-corrected chi connectivity index (χ2v) is 7.33. The highest BCUT2D eigenvalue weighted by Gasteiger charge is 2.34. The minimum Gasteiger partial charge on any atom is -0.364 e. The van der Waals surface area contributed by atoms with E-state index in [1.807, 2.05) is 0 Å². The van der Waals surface area contributed by atoms with Crippen molar-refractivity contribution in [3.05, 3.63) is 108 Å². The van der Waals surface area contributed by atoms with Crippen molar-refractivity contribution >= 4 is 0 Å². The largest absolute Gasteiger partial charge is 0.364 e. The summed E-state index contributed by atoms with van der Waals surface area (Å²) in [5, 5.41) is 3.69. The molecule has 3 aromatic carbocycles. The van der Waals surface area contributed by atoms with Crippen LogP contribution in [0.25, 0.3) is 0 Å². The molecule has 0 amide bonds. The van der Waals surface area contributed by atoms with Crippen LogP contribution in [0.1, 0.15) is 42.1 Å². The molecular formula is C25H27NO. The smallest absolute Gasteiger partial charge is 0.108 e. The van der Waals surface area contributed by atoms with Gasteiger partial charge < -0.3 is 10.1 Å². The van der Waals surface area contributed by atoms with Crippen molar-refractivity contribution in [2.24, 2.45) is 0 Å². The van der Waals surface area contributed by atoms with Crippen LogP contribution in [0.3, 0.4) is 0 Å². The number of benzene rings is 3. The predicted molar refractivity (Wildman–Crippen MR) is 111 cm³/mol. The third kappa shape index (κ3) is 4.13. The monoisotopic (exact) mass is 357 g/mol. The zero-order chi connectivity index (χ0) is 18.5. The summed E-state index contributed by atoms with van der Waals surface area (Å²) in [6.45, 7) is 3.25. The van der Waals surface area contributed by atoms with Gasteiger partial charge in [0.05, 0.1) is 6.10 Å². The van der Waals surface area contributed by atoms with Gasteiger partial charge in [0.1, 0.15) is 6.10 Å². The lowest BCUT2D eigenvalue weighted by Crippen LogP contribution is -2.39. The first-order valence-corrected chi connectivity index (χ1v) is 9.86. The molecule has 3 aromatic rings. The Morgan fingerprint density at radius 3 is 1.85 bits per heavy atom. The lowest BCUT2D eigenvalue weighted by molar-refractivity contribution is -0.00221. The summed E-state index contributed by atoms with van der Waals surface area (Å²) >= 11 is 0. The number of nitrogens with one attached hydrogen (secondary N) is 1. The molecule has 0 radical (unpaired) electrons. The Hall–Kier alpha value is -2.42. The Morgan fingerprint density at radius 2 is 1.30 bits per heavy atom. The highest BCUT2D eigenvalue weighted by Crippen LogP contribution is 2.34. The van der Waals surface area contributed by atoms with Crippen molar-refractivity contribution < 1.29 is 4.74 Å². The standard InChI is InChI=1S/C25H27NO/c1-19(24-23(17-18-26-24)20-11-5-2-6-12-20)27-25(21-13-7-3-8-14-21)22-15-9-4-10-16-22/h2-16,19,23-26H,17-18H2,1H3. The van der Waals surface area contributed by atoms with E-state index in [0.717, 1.165) is 13.0 Å². The number of rotatable bonds is 6. The summed E-state index contributed by atoms with van der Waals surface area (Å²) < 4.78 is 6.70. The summed E-state index contributed by atoms with van der Waals surface area (Å²) in [7, 11) is 0. The van der Waals surface area contributed by atoms with Gasteiger partial charge in [0, 0.05) is 12.0 Å². The van der Waals surface area contributed by atoms with Gasteiger partial charge in [-0.25, -0.2) is 0 Å². The first-order valence-electron chi connectivity index (χ1n) is 9.86. The maximum absolute atomic E-state index is 6.70. The average Bonchev–Trinajstić information content (AvgIpc) is 3.24. The van der Waals surface area contributed by atoms with E-state index >= 15 is 0 Å².